The molecule has 0 radical (unpaired) electrons. The summed E-state index contributed by atoms with van der Waals surface area (Å²) in [6.07, 6.45) is 0. The fraction of sp³-hybridized carbons (Fsp3) is 0.455. The van der Waals surface area contributed by atoms with Crippen LogP contribution >= 0.6 is 0 Å². The van der Waals surface area contributed by atoms with Crippen molar-refractivity contribution in [1.29, 1.82) is 0 Å². The maximum Gasteiger partial charge on any atom is 0.145 e. The Morgan fingerprint density at radius 1 is 1.43 bits per heavy atom. The number of hydrogen-bond donors (Lipinski definition) is 1. The van der Waals surface area contributed by atoms with Crippen molar-refractivity contribution in [2.75, 3.05) is 18.5 Å². The van der Waals surface area contributed by atoms with Crippen LogP contribution in [0.3, 0.4) is 0 Å². The van der Waals surface area contributed by atoms with Gasteiger partial charge in [0, 0.05) is 12.6 Å². The fourth-order valence-corrected chi connectivity index (χ4v) is 1.62. The first-order chi connectivity index (χ1) is 6.68. The Balaban J connectivity index is 2.45. The summed E-state index contributed by atoms with van der Waals surface area (Å²) in [6.45, 7) is 5.35. The summed E-state index contributed by atoms with van der Waals surface area (Å²) >= 11 is 0. The second-order valence-electron chi connectivity index (χ2n) is 3.80. The summed E-state index contributed by atoms with van der Waals surface area (Å²) in [5.74, 6) is 0.643. The zero-order valence-corrected chi connectivity index (χ0v) is 8.43. The lowest BCUT2D eigenvalue weighted by Crippen LogP contribution is -2.18. The van der Waals surface area contributed by atoms with E-state index in [9.17, 15) is 4.39 Å². The molecule has 1 aromatic rings. The van der Waals surface area contributed by atoms with Crippen LogP contribution in [0.2, 0.25) is 0 Å². The molecule has 0 saturated carbocycles. The molecular formula is C11H14FNO. The van der Waals surface area contributed by atoms with Crippen LogP contribution in [0.1, 0.15) is 25.3 Å². The Hall–Kier alpha value is -1.25. The molecule has 2 rings (SSSR count). The summed E-state index contributed by atoms with van der Waals surface area (Å²) in [4.78, 5) is 0. The minimum absolute atomic E-state index is 0.178. The van der Waals surface area contributed by atoms with Crippen molar-refractivity contribution in [3.05, 3.63) is 23.5 Å². The third kappa shape index (κ3) is 1.54. The van der Waals surface area contributed by atoms with Gasteiger partial charge >= 0.3 is 0 Å². The highest BCUT2D eigenvalue weighted by molar-refractivity contribution is 5.60. The van der Waals surface area contributed by atoms with Gasteiger partial charge in [-0.1, -0.05) is 13.8 Å². The molecule has 0 aromatic heterocycles. The van der Waals surface area contributed by atoms with Crippen molar-refractivity contribution in [3.8, 4) is 5.75 Å². The largest absolute Gasteiger partial charge is 0.489 e. The van der Waals surface area contributed by atoms with Gasteiger partial charge in [0.2, 0.25) is 0 Å². The van der Waals surface area contributed by atoms with Gasteiger partial charge in [-0.05, 0) is 17.5 Å². The molecule has 0 unspecified atom stereocenters. The highest BCUT2D eigenvalue weighted by Crippen LogP contribution is 2.32. The molecule has 1 aliphatic heterocycles. The number of rotatable bonds is 1. The molecule has 0 amide bonds. The summed E-state index contributed by atoms with van der Waals surface area (Å²) < 4.78 is 18.9. The van der Waals surface area contributed by atoms with E-state index in [1.54, 1.807) is 0 Å². The molecule has 1 N–H and O–H groups in total. The number of fused-ring (bicyclic) bond motifs is 1. The molecule has 14 heavy (non-hydrogen) atoms. The maximum absolute atomic E-state index is 13.5. The summed E-state index contributed by atoms with van der Waals surface area (Å²) in [6, 6.07) is 3.31. The molecule has 0 aliphatic carbocycles. The highest BCUT2D eigenvalue weighted by Gasteiger charge is 2.15. The number of nitrogens with one attached hydrogen (secondary N) is 1. The van der Waals surface area contributed by atoms with Gasteiger partial charge in [-0.2, -0.15) is 0 Å². The lowest BCUT2D eigenvalue weighted by atomic mass is 10.0. The Morgan fingerprint density at radius 3 is 2.93 bits per heavy atom. The van der Waals surface area contributed by atoms with E-state index in [0.717, 1.165) is 17.8 Å². The standard InChI is InChI=1S/C11H14FNO/c1-7(2)8-5-10-11(6-9(8)12)14-4-3-13-10/h5-7,13H,3-4H2,1-2H3. The molecule has 0 fully saturated rings. The molecule has 3 heteroatoms. The van der Waals surface area contributed by atoms with Crippen LogP contribution in [0, 0.1) is 5.82 Å². The Kier molecular flexibility index (Phi) is 2.32. The molecule has 1 aromatic carbocycles. The number of ether oxygens (including phenoxy) is 1. The molecule has 1 aliphatic rings. The van der Waals surface area contributed by atoms with Crippen molar-refractivity contribution in [2.45, 2.75) is 19.8 Å². The molecule has 76 valence electrons. The van der Waals surface area contributed by atoms with Crippen LogP contribution in [0.5, 0.6) is 5.75 Å². The van der Waals surface area contributed by atoms with Crippen molar-refractivity contribution in [2.24, 2.45) is 0 Å². The van der Waals surface area contributed by atoms with Crippen molar-refractivity contribution >= 4 is 5.69 Å². The van der Waals surface area contributed by atoms with Gasteiger partial charge in [-0.15, -0.1) is 0 Å². The minimum atomic E-state index is -0.178. The van der Waals surface area contributed by atoms with Crippen LogP contribution in [-0.4, -0.2) is 13.2 Å². The monoisotopic (exact) mass is 195 g/mol. The average molecular weight is 195 g/mol. The van der Waals surface area contributed by atoms with Gasteiger partial charge in [-0.25, -0.2) is 4.39 Å². The fourth-order valence-electron chi connectivity index (χ4n) is 1.62. The predicted octanol–water partition coefficient (Wildman–Crippen LogP) is 2.75. The van der Waals surface area contributed by atoms with Gasteiger partial charge < -0.3 is 10.1 Å². The van der Waals surface area contributed by atoms with Gasteiger partial charge in [0.15, 0.2) is 0 Å². The number of benzene rings is 1. The topological polar surface area (TPSA) is 21.3 Å². The molecule has 2 nitrogen and oxygen atoms in total. The third-order valence-corrected chi connectivity index (χ3v) is 2.40. The van der Waals surface area contributed by atoms with Crippen LogP contribution in [0.15, 0.2) is 12.1 Å². The van der Waals surface area contributed by atoms with Crippen molar-refractivity contribution in [3.63, 3.8) is 0 Å². The number of halogens is 1. The van der Waals surface area contributed by atoms with Gasteiger partial charge in [0.1, 0.15) is 18.2 Å². The quantitative estimate of drug-likeness (QED) is 0.744. The molecule has 0 bridgehead atoms. The van der Waals surface area contributed by atoms with E-state index >= 15 is 0 Å². The highest BCUT2D eigenvalue weighted by atomic mass is 19.1. The summed E-state index contributed by atoms with van der Waals surface area (Å²) in [5.41, 5.74) is 1.64. The molecule has 0 saturated heterocycles. The Bertz CT molecular complexity index is 349. The summed E-state index contributed by atoms with van der Waals surface area (Å²) in [7, 11) is 0. The Labute approximate surface area is 83.1 Å². The van der Waals surface area contributed by atoms with E-state index in [-0.39, 0.29) is 11.7 Å². The van der Waals surface area contributed by atoms with Crippen molar-refractivity contribution in [1.82, 2.24) is 0 Å². The normalized spacial score (nSPS) is 14.6. The van der Waals surface area contributed by atoms with E-state index in [2.05, 4.69) is 5.32 Å². The second kappa shape index (κ2) is 3.48. The van der Waals surface area contributed by atoms with E-state index in [1.165, 1.54) is 6.07 Å². The first-order valence-electron chi connectivity index (χ1n) is 4.88. The van der Waals surface area contributed by atoms with Crippen molar-refractivity contribution < 1.29 is 9.13 Å². The Morgan fingerprint density at radius 2 is 2.21 bits per heavy atom. The maximum atomic E-state index is 13.5. The lowest BCUT2D eigenvalue weighted by Gasteiger charge is -2.21. The zero-order chi connectivity index (χ0) is 10.1. The predicted molar refractivity (Wildman–Crippen MR) is 54.5 cm³/mol. The van der Waals surface area contributed by atoms with E-state index in [1.807, 2.05) is 19.9 Å². The lowest BCUT2D eigenvalue weighted by molar-refractivity contribution is 0.321. The average Bonchev–Trinajstić information content (AvgIpc) is 2.16. The SMILES string of the molecule is CC(C)c1cc2c(cc1F)OCCN2. The minimum Gasteiger partial charge on any atom is -0.489 e. The molecule has 1 heterocycles. The van der Waals surface area contributed by atoms with Gasteiger partial charge in [0.25, 0.3) is 0 Å². The molecule has 0 spiro atoms. The van der Waals surface area contributed by atoms with E-state index in [4.69, 9.17) is 4.74 Å². The van der Waals surface area contributed by atoms with Crippen LogP contribution < -0.4 is 10.1 Å². The van der Waals surface area contributed by atoms with Crippen LogP contribution in [0.25, 0.3) is 0 Å². The zero-order valence-electron chi connectivity index (χ0n) is 8.43. The van der Waals surface area contributed by atoms with E-state index < -0.39 is 0 Å². The number of anilines is 1. The van der Waals surface area contributed by atoms with Gasteiger partial charge in [0.05, 0.1) is 5.69 Å². The third-order valence-electron chi connectivity index (χ3n) is 2.40. The van der Waals surface area contributed by atoms with Crippen LogP contribution in [0.4, 0.5) is 10.1 Å². The number of hydrogen-bond acceptors (Lipinski definition) is 2. The first kappa shape index (κ1) is 9.31. The first-order valence-corrected chi connectivity index (χ1v) is 4.88. The summed E-state index contributed by atoms with van der Waals surface area (Å²) in [5, 5.41) is 3.19. The van der Waals surface area contributed by atoms with E-state index in [0.29, 0.717) is 12.4 Å². The molecular weight excluding hydrogens is 181 g/mol. The van der Waals surface area contributed by atoms with Crippen LogP contribution in [-0.2, 0) is 0 Å². The molecule has 0 atom stereocenters. The second-order valence-corrected chi connectivity index (χ2v) is 3.80. The van der Waals surface area contributed by atoms with Gasteiger partial charge in [-0.3, -0.25) is 0 Å². The smallest absolute Gasteiger partial charge is 0.145 e.